The first-order valence-corrected chi connectivity index (χ1v) is 6.52. The van der Waals surface area contributed by atoms with Crippen LogP contribution in [0.15, 0.2) is 30.6 Å². The van der Waals surface area contributed by atoms with Crippen LogP contribution in [0.5, 0.6) is 11.8 Å². The molecule has 1 aromatic carbocycles. The van der Waals surface area contributed by atoms with Crippen molar-refractivity contribution < 1.29 is 4.74 Å². The number of rotatable bonds is 5. The quantitative estimate of drug-likeness (QED) is 0.910. The Bertz CT molecular complexity index is 543. The minimum Gasteiger partial charge on any atom is -0.423 e. The van der Waals surface area contributed by atoms with Crippen molar-refractivity contribution in [2.24, 2.45) is 0 Å². The molecular weight excluding hydrogens is 262 g/mol. The van der Waals surface area contributed by atoms with E-state index in [-0.39, 0.29) is 0 Å². The molecule has 0 fully saturated rings. The predicted octanol–water partition coefficient (Wildman–Crippen LogP) is 3.34. The van der Waals surface area contributed by atoms with E-state index < -0.39 is 0 Å². The Labute approximate surface area is 117 Å². The van der Waals surface area contributed by atoms with Crippen LogP contribution in [0.4, 0.5) is 0 Å². The van der Waals surface area contributed by atoms with E-state index in [0.29, 0.717) is 16.8 Å². The molecule has 0 saturated carbocycles. The molecule has 5 heteroatoms. The smallest absolute Gasteiger partial charge is 0.321 e. The van der Waals surface area contributed by atoms with Gasteiger partial charge < -0.3 is 10.1 Å². The fourth-order valence-electron chi connectivity index (χ4n) is 1.54. The lowest BCUT2D eigenvalue weighted by atomic mass is 10.2. The van der Waals surface area contributed by atoms with Crippen LogP contribution in [-0.2, 0) is 6.54 Å². The van der Waals surface area contributed by atoms with Gasteiger partial charge in [-0.3, -0.25) is 0 Å². The van der Waals surface area contributed by atoms with Crippen molar-refractivity contribution in [2.75, 3.05) is 6.54 Å². The molecule has 0 aliphatic carbocycles. The molecule has 0 aliphatic rings. The zero-order valence-corrected chi connectivity index (χ0v) is 11.7. The SMILES string of the molecule is CCNCc1cnc(Oc2ccc(C)cc2Cl)nc1. The third kappa shape index (κ3) is 3.91. The number of hydrogen-bond donors (Lipinski definition) is 1. The lowest BCUT2D eigenvalue weighted by Crippen LogP contribution is -2.12. The van der Waals surface area contributed by atoms with Gasteiger partial charge >= 0.3 is 6.01 Å². The summed E-state index contributed by atoms with van der Waals surface area (Å²) in [5.74, 6) is 0.562. The number of benzene rings is 1. The molecule has 0 atom stereocenters. The number of hydrogen-bond acceptors (Lipinski definition) is 4. The summed E-state index contributed by atoms with van der Waals surface area (Å²) in [4.78, 5) is 8.32. The van der Waals surface area contributed by atoms with Gasteiger partial charge in [-0.2, -0.15) is 0 Å². The van der Waals surface area contributed by atoms with Crippen LogP contribution in [0.3, 0.4) is 0 Å². The summed E-state index contributed by atoms with van der Waals surface area (Å²) in [6.07, 6.45) is 3.49. The largest absolute Gasteiger partial charge is 0.423 e. The van der Waals surface area contributed by atoms with Gasteiger partial charge in [0, 0.05) is 24.5 Å². The van der Waals surface area contributed by atoms with E-state index in [0.717, 1.165) is 24.2 Å². The summed E-state index contributed by atoms with van der Waals surface area (Å²) in [6, 6.07) is 5.89. The monoisotopic (exact) mass is 277 g/mol. The fourth-order valence-corrected chi connectivity index (χ4v) is 1.82. The number of aryl methyl sites for hydroxylation is 1. The number of aromatic nitrogens is 2. The predicted molar refractivity (Wildman–Crippen MR) is 75.7 cm³/mol. The van der Waals surface area contributed by atoms with Crippen molar-refractivity contribution in [1.82, 2.24) is 15.3 Å². The zero-order chi connectivity index (χ0) is 13.7. The molecule has 0 unspecified atom stereocenters. The van der Waals surface area contributed by atoms with Gasteiger partial charge in [0.05, 0.1) is 5.02 Å². The number of ether oxygens (including phenoxy) is 1. The van der Waals surface area contributed by atoms with Gasteiger partial charge in [-0.05, 0) is 31.2 Å². The van der Waals surface area contributed by atoms with Crippen LogP contribution in [0.1, 0.15) is 18.1 Å². The molecule has 2 aromatic rings. The molecule has 100 valence electrons. The molecular formula is C14H16ClN3O. The second-order valence-corrected chi connectivity index (χ2v) is 4.60. The first-order chi connectivity index (χ1) is 9.19. The van der Waals surface area contributed by atoms with Crippen LogP contribution in [-0.4, -0.2) is 16.5 Å². The van der Waals surface area contributed by atoms with E-state index in [2.05, 4.69) is 22.2 Å². The van der Waals surface area contributed by atoms with E-state index in [9.17, 15) is 0 Å². The van der Waals surface area contributed by atoms with E-state index >= 15 is 0 Å². The zero-order valence-electron chi connectivity index (χ0n) is 11.0. The molecule has 0 saturated heterocycles. The molecule has 0 aliphatic heterocycles. The van der Waals surface area contributed by atoms with Crippen molar-refractivity contribution in [2.45, 2.75) is 20.4 Å². The lowest BCUT2D eigenvalue weighted by Gasteiger charge is -2.07. The summed E-state index contributed by atoms with van der Waals surface area (Å²) in [7, 11) is 0. The van der Waals surface area contributed by atoms with Crippen molar-refractivity contribution in [3.05, 3.63) is 46.7 Å². The minimum atomic E-state index is 0.297. The first-order valence-electron chi connectivity index (χ1n) is 6.14. The summed E-state index contributed by atoms with van der Waals surface area (Å²) < 4.78 is 5.55. The summed E-state index contributed by atoms with van der Waals surface area (Å²) >= 11 is 6.09. The van der Waals surface area contributed by atoms with Crippen LogP contribution < -0.4 is 10.1 Å². The van der Waals surface area contributed by atoms with Crippen LogP contribution in [0, 0.1) is 6.92 Å². The number of nitrogens with zero attached hydrogens (tertiary/aromatic N) is 2. The summed E-state index contributed by atoms with van der Waals surface area (Å²) in [6.45, 7) is 5.69. The van der Waals surface area contributed by atoms with Gasteiger partial charge in [-0.15, -0.1) is 0 Å². The van der Waals surface area contributed by atoms with Crippen LogP contribution in [0.25, 0.3) is 0 Å². The van der Waals surface area contributed by atoms with Crippen molar-refractivity contribution in [3.8, 4) is 11.8 Å². The molecule has 1 N–H and O–H groups in total. The van der Waals surface area contributed by atoms with Gasteiger partial charge in [0.2, 0.25) is 0 Å². The molecule has 0 spiro atoms. The second-order valence-electron chi connectivity index (χ2n) is 4.19. The molecule has 1 aromatic heterocycles. The van der Waals surface area contributed by atoms with Gasteiger partial charge in [0.25, 0.3) is 0 Å². The maximum Gasteiger partial charge on any atom is 0.321 e. The van der Waals surface area contributed by atoms with Gasteiger partial charge in [0.15, 0.2) is 0 Å². The Balaban J connectivity index is 2.06. The Kier molecular flexibility index (Phi) is 4.71. The molecule has 0 radical (unpaired) electrons. The van der Waals surface area contributed by atoms with Crippen LogP contribution >= 0.6 is 11.6 Å². The normalized spacial score (nSPS) is 10.5. The van der Waals surface area contributed by atoms with Crippen molar-refractivity contribution in [3.63, 3.8) is 0 Å². The summed E-state index contributed by atoms with van der Waals surface area (Å²) in [5, 5.41) is 3.76. The van der Waals surface area contributed by atoms with Crippen molar-refractivity contribution >= 4 is 11.6 Å². The standard InChI is InChI=1S/C14H16ClN3O/c1-3-16-7-11-8-17-14(18-9-11)19-13-5-4-10(2)6-12(13)15/h4-6,8-9,16H,3,7H2,1-2H3. The topological polar surface area (TPSA) is 47.0 Å². The van der Waals surface area contributed by atoms with E-state index in [1.807, 2.05) is 25.1 Å². The Hall–Kier alpha value is -1.65. The Morgan fingerprint density at radius 1 is 1.26 bits per heavy atom. The summed E-state index contributed by atoms with van der Waals surface area (Å²) in [5.41, 5.74) is 2.10. The maximum absolute atomic E-state index is 6.09. The molecule has 2 rings (SSSR count). The fraction of sp³-hybridized carbons (Fsp3) is 0.286. The molecule has 0 bridgehead atoms. The lowest BCUT2D eigenvalue weighted by molar-refractivity contribution is 0.441. The third-order valence-corrected chi connectivity index (χ3v) is 2.84. The highest BCUT2D eigenvalue weighted by Gasteiger charge is 2.05. The minimum absolute atomic E-state index is 0.297. The van der Waals surface area contributed by atoms with E-state index in [4.69, 9.17) is 16.3 Å². The Morgan fingerprint density at radius 2 is 2.00 bits per heavy atom. The Morgan fingerprint density at radius 3 is 2.63 bits per heavy atom. The molecule has 19 heavy (non-hydrogen) atoms. The average molecular weight is 278 g/mol. The third-order valence-electron chi connectivity index (χ3n) is 2.55. The highest BCUT2D eigenvalue weighted by molar-refractivity contribution is 6.32. The second kappa shape index (κ2) is 6.50. The van der Waals surface area contributed by atoms with Gasteiger partial charge in [-0.25, -0.2) is 9.97 Å². The average Bonchev–Trinajstić information content (AvgIpc) is 2.41. The highest BCUT2D eigenvalue weighted by Crippen LogP contribution is 2.28. The van der Waals surface area contributed by atoms with Gasteiger partial charge in [-0.1, -0.05) is 24.6 Å². The number of nitrogens with one attached hydrogen (secondary N) is 1. The molecule has 4 nitrogen and oxygen atoms in total. The molecule has 0 amide bonds. The van der Waals surface area contributed by atoms with E-state index in [1.165, 1.54) is 0 Å². The van der Waals surface area contributed by atoms with Gasteiger partial charge in [0.1, 0.15) is 5.75 Å². The molecule has 1 heterocycles. The highest BCUT2D eigenvalue weighted by atomic mass is 35.5. The maximum atomic E-state index is 6.09. The first kappa shape index (κ1) is 13.8. The van der Waals surface area contributed by atoms with Crippen molar-refractivity contribution in [1.29, 1.82) is 0 Å². The number of halogens is 1. The van der Waals surface area contributed by atoms with Crippen LogP contribution in [0.2, 0.25) is 5.02 Å². The van der Waals surface area contributed by atoms with E-state index in [1.54, 1.807) is 12.4 Å².